The summed E-state index contributed by atoms with van der Waals surface area (Å²) in [4.78, 5) is 2.07. The molecule has 0 spiro atoms. The van der Waals surface area contributed by atoms with E-state index in [1.54, 1.807) is 6.07 Å². The van der Waals surface area contributed by atoms with Crippen molar-refractivity contribution in [3.05, 3.63) is 35.6 Å². The van der Waals surface area contributed by atoms with Gasteiger partial charge in [0, 0.05) is 6.04 Å². The Hall–Kier alpha value is -0.930. The topological polar surface area (TPSA) is 29.3 Å². The molecule has 0 aromatic heterocycles. The molecule has 0 amide bonds. The lowest BCUT2D eigenvalue weighted by atomic mass is 10.0. The molecule has 2 N–H and O–H groups in total. The van der Waals surface area contributed by atoms with E-state index in [9.17, 15) is 4.39 Å². The average Bonchev–Trinajstić information content (AvgIpc) is 2.14. The SMILES string of the molecule is CN(C)CCC(N)c1cccc(F)c1. The van der Waals surface area contributed by atoms with E-state index in [-0.39, 0.29) is 11.9 Å². The molecule has 3 heteroatoms. The summed E-state index contributed by atoms with van der Waals surface area (Å²) in [5, 5.41) is 0. The van der Waals surface area contributed by atoms with Gasteiger partial charge in [0.25, 0.3) is 0 Å². The minimum absolute atomic E-state index is 0.0758. The van der Waals surface area contributed by atoms with E-state index < -0.39 is 0 Å². The molecule has 2 nitrogen and oxygen atoms in total. The first kappa shape index (κ1) is 11.1. The second-order valence-electron chi connectivity index (χ2n) is 3.75. The number of hydrogen-bond acceptors (Lipinski definition) is 2. The van der Waals surface area contributed by atoms with Crippen LogP contribution < -0.4 is 5.73 Å². The summed E-state index contributed by atoms with van der Waals surface area (Å²) in [6, 6.07) is 6.42. The van der Waals surface area contributed by atoms with Gasteiger partial charge in [0.2, 0.25) is 0 Å². The summed E-state index contributed by atoms with van der Waals surface area (Å²) in [5.41, 5.74) is 6.79. The van der Waals surface area contributed by atoms with Crippen LogP contribution in [0, 0.1) is 5.82 Å². The molecule has 1 atom stereocenters. The van der Waals surface area contributed by atoms with Crippen LogP contribution in [0.4, 0.5) is 4.39 Å². The van der Waals surface area contributed by atoms with Crippen LogP contribution in [0.5, 0.6) is 0 Å². The predicted octanol–water partition coefficient (Wildman–Crippen LogP) is 1.78. The molecule has 0 aliphatic heterocycles. The van der Waals surface area contributed by atoms with Crippen molar-refractivity contribution in [1.29, 1.82) is 0 Å². The number of nitrogens with two attached hydrogens (primary N) is 1. The van der Waals surface area contributed by atoms with Crippen molar-refractivity contribution in [2.75, 3.05) is 20.6 Å². The minimum atomic E-state index is -0.220. The maximum Gasteiger partial charge on any atom is 0.123 e. The zero-order chi connectivity index (χ0) is 10.6. The highest BCUT2D eigenvalue weighted by atomic mass is 19.1. The second-order valence-corrected chi connectivity index (χ2v) is 3.75. The largest absolute Gasteiger partial charge is 0.324 e. The molecule has 0 radical (unpaired) electrons. The van der Waals surface area contributed by atoms with Crippen LogP contribution in [-0.2, 0) is 0 Å². The van der Waals surface area contributed by atoms with Crippen LogP contribution in [-0.4, -0.2) is 25.5 Å². The molecule has 0 saturated carbocycles. The molecular formula is C11H17FN2. The second kappa shape index (κ2) is 5.08. The molecule has 78 valence electrons. The lowest BCUT2D eigenvalue weighted by Crippen LogP contribution is -2.20. The fourth-order valence-corrected chi connectivity index (χ4v) is 1.30. The molecule has 1 aromatic rings. The molecule has 1 rings (SSSR count). The normalized spacial score (nSPS) is 13.2. The van der Waals surface area contributed by atoms with Gasteiger partial charge in [-0.1, -0.05) is 12.1 Å². The first-order valence-corrected chi connectivity index (χ1v) is 4.75. The Kier molecular flexibility index (Phi) is 4.04. The summed E-state index contributed by atoms with van der Waals surface area (Å²) in [6.45, 7) is 0.914. The number of benzene rings is 1. The van der Waals surface area contributed by atoms with Crippen molar-refractivity contribution in [2.45, 2.75) is 12.5 Å². The van der Waals surface area contributed by atoms with Crippen molar-refractivity contribution in [3.63, 3.8) is 0 Å². The Morgan fingerprint density at radius 3 is 2.71 bits per heavy atom. The summed E-state index contributed by atoms with van der Waals surface area (Å²) in [6.07, 6.45) is 0.844. The van der Waals surface area contributed by atoms with Gasteiger partial charge in [-0.2, -0.15) is 0 Å². The Morgan fingerprint density at radius 2 is 2.14 bits per heavy atom. The van der Waals surface area contributed by atoms with E-state index >= 15 is 0 Å². The fourth-order valence-electron chi connectivity index (χ4n) is 1.30. The molecule has 1 unspecified atom stereocenters. The van der Waals surface area contributed by atoms with Crippen LogP contribution >= 0.6 is 0 Å². The van der Waals surface area contributed by atoms with Gasteiger partial charge in [0.1, 0.15) is 5.82 Å². The number of hydrogen-bond donors (Lipinski definition) is 1. The van der Waals surface area contributed by atoms with Crippen LogP contribution in [0.15, 0.2) is 24.3 Å². The molecule has 14 heavy (non-hydrogen) atoms. The molecule has 0 fully saturated rings. The third kappa shape index (κ3) is 3.44. The van der Waals surface area contributed by atoms with Gasteiger partial charge in [0.15, 0.2) is 0 Å². The van der Waals surface area contributed by atoms with Gasteiger partial charge in [-0.05, 0) is 44.8 Å². The highest BCUT2D eigenvalue weighted by Crippen LogP contribution is 2.14. The molecular weight excluding hydrogens is 179 g/mol. The van der Waals surface area contributed by atoms with E-state index in [0.29, 0.717) is 0 Å². The standard InChI is InChI=1S/C11H17FN2/c1-14(2)7-6-11(13)9-4-3-5-10(12)8-9/h3-5,8,11H,6-7,13H2,1-2H3. The fraction of sp³-hybridized carbons (Fsp3) is 0.455. The van der Waals surface area contributed by atoms with Crippen LogP contribution in [0.3, 0.4) is 0 Å². The maximum absolute atomic E-state index is 12.9. The van der Waals surface area contributed by atoms with Crippen molar-refractivity contribution < 1.29 is 4.39 Å². The quantitative estimate of drug-likeness (QED) is 0.795. The van der Waals surface area contributed by atoms with Crippen molar-refractivity contribution in [1.82, 2.24) is 4.90 Å². The Labute approximate surface area is 84.5 Å². The van der Waals surface area contributed by atoms with E-state index in [2.05, 4.69) is 4.90 Å². The molecule has 0 aliphatic carbocycles. The summed E-state index contributed by atoms with van der Waals surface area (Å²) < 4.78 is 12.9. The molecule has 0 aliphatic rings. The van der Waals surface area contributed by atoms with Crippen LogP contribution in [0.1, 0.15) is 18.0 Å². The first-order chi connectivity index (χ1) is 6.59. The van der Waals surface area contributed by atoms with Crippen molar-refractivity contribution in [3.8, 4) is 0 Å². The Bertz CT molecular complexity index is 286. The van der Waals surface area contributed by atoms with Gasteiger partial charge >= 0.3 is 0 Å². The highest BCUT2D eigenvalue weighted by Gasteiger charge is 2.06. The maximum atomic E-state index is 12.9. The van der Waals surface area contributed by atoms with Crippen LogP contribution in [0.2, 0.25) is 0 Å². The van der Waals surface area contributed by atoms with Crippen molar-refractivity contribution in [2.24, 2.45) is 5.73 Å². The molecule has 0 bridgehead atoms. The van der Waals surface area contributed by atoms with Gasteiger partial charge in [-0.25, -0.2) is 4.39 Å². The summed E-state index contributed by atoms with van der Waals surface area (Å²) in [7, 11) is 4.00. The lowest BCUT2D eigenvalue weighted by molar-refractivity contribution is 0.382. The van der Waals surface area contributed by atoms with E-state index in [0.717, 1.165) is 18.5 Å². The van der Waals surface area contributed by atoms with E-state index in [1.165, 1.54) is 12.1 Å². The smallest absolute Gasteiger partial charge is 0.123 e. The number of halogens is 1. The highest BCUT2D eigenvalue weighted by molar-refractivity contribution is 5.19. The zero-order valence-corrected chi connectivity index (χ0v) is 8.70. The first-order valence-electron chi connectivity index (χ1n) is 4.75. The molecule has 0 heterocycles. The zero-order valence-electron chi connectivity index (χ0n) is 8.70. The number of nitrogens with zero attached hydrogens (tertiary/aromatic N) is 1. The summed E-state index contributed by atoms with van der Waals surface area (Å²) >= 11 is 0. The lowest BCUT2D eigenvalue weighted by Gasteiger charge is -2.15. The van der Waals surface area contributed by atoms with Crippen molar-refractivity contribution >= 4 is 0 Å². The van der Waals surface area contributed by atoms with Gasteiger partial charge in [0.05, 0.1) is 0 Å². The summed E-state index contributed by atoms with van der Waals surface area (Å²) in [5.74, 6) is -0.220. The minimum Gasteiger partial charge on any atom is -0.324 e. The van der Waals surface area contributed by atoms with E-state index in [4.69, 9.17) is 5.73 Å². The number of rotatable bonds is 4. The van der Waals surface area contributed by atoms with E-state index in [1.807, 2.05) is 20.2 Å². The van der Waals surface area contributed by atoms with Gasteiger partial charge < -0.3 is 10.6 Å². The van der Waals surface area contributed by atoms with Gasteiger partial charge in [-0.15, -0.1) is 0 Å². The molecule has 1 aromatic carbocycles. The third-order valence-electron chi connectivity index (χ3n) is 2.16. The van der Waals surface area contributed by atoms with Crippen LogP contribution in [0.25, 0.3) is 0 Å². The Balaban J connectivity index is 2.56. The molecule has 0 saturated heterocycles. The monoisotopic (exact) mass is 196 g/mol. The Morgan fingerprint density at radius 1 is 1.43 bits per heavy atom. The average molecular weight is 196 g/mol. The predicted molar refractivity (Wildman–Crippen MR) is 56.5 cm³/mol. The van der Waals surface area contributed by atoms with Gasteiger partial charge in [-0.3, -0.25) is 0 Å². The third-order valence-corrected chi connectivity index (χ3v) is 2.16.